The number of methoxy groups -OCH3 is 1. The van der Waals surface area contributed by atoms with Gasteiger partial charge in [0.2, 0.25) is 0 Å². The molecule has 180 valence electrons. The molecule has 0 spiro atoms. The maximum absolute atomic E-state index is 13.2. The average molecular weight is 481 g/mol. The molecular weight excluding hydrogens is 460 g/mol. The standard InChI is InChI=1S/C24H21F2N5O4/c1-33-19-9-14(10-20(35-24(25)26)22(19)23(32)29-15-4-5-15)18-12-27-21-11-17(6-8-31(18)21)34-13-16-3-2-7-28-30-16/h2-3,6-12,15,24H,4-5,13H2,1H3,(H,29,32). The normalized spacial score (nSPS) is 13.1. The molecule has 3 aromatic heterocycles. The number of alkyl halides is 2. The van der Waals surface area contributed by atoms with Crippen molar-refractivity contribution in [3.63, 3.8) is 0 Å². The van der Waals surface area contributed by atoms with E-state index in [0.29, 0.717) is 28.3 Å². The Labute approximate surface area is 198 Å². The number of benzene rings is 1. The van der Waals surface area contributed by atoms with Gasteiger partial charge in [-0.1, -0.05) is 0 Å². The second-order valence-corrected chi connectivity index (χ2v) is 7.92. The van der Waals surface area contributed by atoms with Crippen LogP contribution in [-0.2, 0) is 6.61 Å². The van der Waals surface area contributed by atoms with Crippen LogP contribution in [0.1, 0.15) is 28.9 Å². The van der Waals surface area contributed by atoms with E-state index in [9.17, 15) is 13.6 Å². The fourth-order valence-corrected chi connectivity index (χ4v) is 3.63. The first kappa shape index (κ1) is 22.5. The van der Waals surface area contributed by atoms with Gasteiger partial charge in [-0.2, -0.15) is 19.0 Å². The van der Waals surface area contributed by atoms with Crippen LogP contribution in [0.15, 0.2) is 55.0 Å². The van der Waals surface area contributed by atoms with Crippen molar-refractivity contribution in [1.82, 2.24) is 24.9 Å². The molecule has 1 aliphatic rings. The van der Waals surface area contributed by atoms with Crippen LogP contribution in [0.3, 0.4) is 0 Å². The van der Waals surface area contributed by atoms with Crippen molar-refractivity contribution in [1.29, 1.82) is 0 Å². The molecule has 1 saturated carbocycles. The monoisotopic (exact) mass is 481 g/mol. The lowest BCUT2D eigenvalue weighted by molar-refractivity contribution is -0.0502. The second-order valence-electron chi connectivity index (χ2n) is 7.92. The van der Waals surface area contributed by atoms with Crippen molar-refractivity contribution in [3.05, 3.63) is 66.2 Å². The van der Waals surface area contributed by atoms with Gasteiger partial charge in [0.25, 0.3) is 5.91 Å². The summed E-state index contributed by atoms with van der Waals surface area (Å²) in [5, 5.41) is 10.6. The van der Waals surface area contributed by atoms with Gasteiger partial charge in [-0.05, 0) is 43.2 Å². The van der Waals surface area contributed by atoms with Crippen molar-refractivity contribution in [2.75, 3.05) is 7.11 Å². The van der Waals surface area contributed by atoms with E-state index in [-0.39, 0.29) is 29.7 Å². The molecule has 0 atom stereocenters. The molecule has 0 saturated heterocycles. The summed E-state index contributed by atoms with van der Waals surface area (Å²) in [6.45, 7) is -2.87. The molecule has 4 aromatic rings. The zero-order chi connectivity index (χ0) is 24.4. The molecule has 35 heavy (non-hydrogen) atoms. The minimum atomic E-state index is -3.11. The molecule has 0 radical (unpaired) electrons. The first-order valence-electron chi connectivity index (χ1n) is 10.9. The van der Waals surface area contributed by atoms with Crippen LogP contribution in [0.25, 0.3) is 16.9 Å². The van der Waals surface area contributed by atoms with Crippen LogP contribution >= 0.6 is 0 Å². The summed E-state index contributed by atoms with van der Waals surface area (Å²) in [4.78, 5) is 17.1. The predicted molar refractivity (Wildman–Crippen MR) is 121 cm³/mol. The first-order chi connectivity index (χ1) is 17.0. The Morgan fingerprint density at radius 2 is 2.06 bits per heavy atom. The van der Waals surface area contributed by atoms with Crippen LogP contribution in [0, 0.1) is 0 Å². The number of aromatic nitrogens is 4. The summed E-state index contributed by atoms with van der Waals surface area (Å²) in [6.07, 6.45) is 6.62. The third kappa shape index (κ3) is 4.98. The van der Waals surface area contributed by atoms with E-state index in [0.717, 1.165) is 12.8 Å². The Balaban J connectivity index is 1.47. The topological polar surface area (TPSA) is 99.9 Å². The maximum atomic E-state index is 13.2. The molecule has 1 amide bonds. The van der Waals surface area contributed by atoms with Crippen LogP contribution in [-0.4, -0.2) is 45.3 Å². The van der Waals surface area contributed by atoms with Gasteiger partial charge in [0.1, 0.15) is 40.8 Å². The molecule has 3 heterocycles. The van der Waals surface area contributed by atoms with Crippen molar-refractivity contribution >= 4 is 11.6 Å². The number of carbonyl (C=O) groups is 1. The van der Waals surface area contributed by atoms with Gasteiger partial charge in [-0.15, -0.1) is 0 Å². The van der Waals surface area contributed by atoms with E-state index in [2.05, 4.69) is 20.5 Å². The van der Waals surface area contributed by atoms with E-state index >= 15 is 0 Å². The molecular formula is C24H21F2N5O4. The molecule has 1 N–H and O–H groups in total. The third-order valence-corrected chi connectivity index (χ3v) is 5.44. The molecule has 11 heteroatoms. The van der Waals surface area contributed by atoms with Gasteiger partial charge in [0.05, 0.1) is 19.0 Å². The van der Waals surface area contributed by atoms with Gasteiger partial charge in [-0.3, -0.25) is 9.20 Å². The van der Waals surface area contributed by atoms with Gasteiger partial charge in [-0.25, -0.2) is 4.98 Å². The number of ether oxygens (including phenoxy) is 3. The number of nitrogens with one attached hydrogen (secondary N) is 1. The molecule has 1 aliphatic carbocycles. The zero-order valence-corrected chi connectivity index (χ0v) is 18.6. The zero-order valence-electron chi connectivity index (χ0n) is 18.6. The Bertz CT molecular complexity index is 1360. The number of hydrogen-bond donors (Lipinski definition) is 1. The highest BCUT2D eigenvalue weighted by Crippen LogP contribution is 2.37. The second kappa shape index (κ2) is 9.53. The Morgan fingerprint density at radius 3 is 2.77 bits per heavy atom. The van der Waals surface area contributed by atoms with Crippen molar-refractivity contribution < 1.29 is 27.8 Å². The molecule has 1 aromatic carbocycles. The summed E-state index contributed by atoms with van der Waals surface area (Å²) in [7, 11) is 1.37. The van der Waals surface area contributed by atoms with E-state index in [1.54, 1.807) is 53.3 Å². The number of carbonyl (C=O) groups excluding carboxylic acids is 1. The third-order valence-electron chi connectivity index (χ3n) is 5.44. The van der Waals surface area contributed by atoms with E-state index in [1.165, 1.54) is 13.2 Å². The van der Waals surface area contributed by atoms with Crippen LogP contribution in [0.2, 0.25) is 0 Å². The smallest absolute Gasteiger partial charge is 0.387 e. The summed E-state index contributed by atoms with van der Waals surface area (Å²) < 4.78 is 44.1. The predicted octanol–water partition coefficient (Wildman–Crippen LogP) is 3.87. The van der Waals surface area contributed by atoms with Crippen molar-refractivity contribution in [2.24, 2.45) is 0 Å². The Kier molecular flexibility index (Phi) is 6.13. The number of amides is 1. The molecule has 0 bridgehead atoms. The minimum Gasteiger partial charge on any atom is -0.496 e. The maximum Gasteiger partial charge on any atom is 0.387 e. The Hall–Kier alpha value is -4.28. The summed E-state index contributed by atoms with van der Waals surface area (Å²) in [5.74, 6) is -0.0946. The number of pyridine rings is 1. The number of halogens is 2. The molecule has 1 fully saturated rings. The fraction of sp³-hybridized carbons (Fsp3) is 0.250. The largest absolute Gasteiger partial charge is 0.496 e. The molecule has 5 rings (SSSR count). The van der Waals surface area contributed by atoms with Gasteiger partial charge < -0.3 is 19.5 Å². The van der Waals surface area contributed by atoms with E-state index < -0.39 is 12.5 Å². The first-order valence-corrected chi connectivity index (χ1v) is 10.9. The number of imidazole rings is 1. The van der Waals surface area contributed by atoms with E-state index in [1.807, 2.05) is 0 Å². The van der Waals surface area contributed by atoms with Gasteiger partial charge in [0, 0.05) is 30.1 Å². The van der Waals surface area contributed by atoms with Gasteiger partial charge in [0.15, 0.2) is 0 Å². The van der Waals surface area contributed by atoms with E-state index in [4.69, 9.17) is 14.2 Å². The van der Waals surface area contributed by atoms with Crippen molar-refractivity contribution in [3.8, 4) is 28.5 Å². The molecule has 0 unspecified atom stereocenters. The highest BCUT2D eigenvalue weighted by atomic mass is 19.3. The molecule has 9 nitrogen and oxygen atoms in total. The van der Waals surface area contributed by atoms with Crippen molar-refractivity contribution in [2.45, 2.75) is 32.1 Å². The SMILES string of the molecule is COc1cc(-c2cnc3cc(OCc4cccnn4)ccn23)cc(OC(F)F)c1C(=O)NC1CC1. The summed E-state index contributed by atoms with van der Waals surface area (Å²) in [5.41, 5.74) is 2.26. The number of fused-ring (bicyclic) bond motifs is 1. The average Bonchev–Trinajstić information content (AvgIpc) is 3.57. The minimum absolute atomic E-state index is 0.0374. The highest BCUT2D eigenvalue weighted by molar-refractivity contribution is 6.01. The van der Waals surface area contributed by atoms with Crippen LogP contribution < -0.4 is 19.5 Å². The number of rotatable bonds is 9. The molecule has 0 aliphatic heterocycles. The summed E-state index contributed by atoms with van der Waals surface area (Å²) >= 11 is 0. The number of nitrogens with zero attached hydrogens (tertiary/aromatic N) is 4. The lowest BCUT2D eigenvalue weighted by atomic mass is 10.1. The summed E-state index contributed by atoms with van der Waals surface area (Å²) in [6, 6.07) is 10.1. The quantitative estimate of drug-likeness (QED) is 0.387. The Morgan fingerprint density at radius 1 is 1.23 bits per heavy atom. The highest BCUT2D eigenvalue weighted by Gasteiger charge is 2.29. The fourth-order valence-electron chi connectivity index (χ4n) is 3.63. The van der Waals surface area contributed by atoms with Crippen LogP contribution in [0.4, 0.5) is 8.78 Å². The van der Waals surface area contributed by atoms with Gasteiger partial charge >= 0.3 is 6.61 Å². The lowest BCUT2D eigenvalue weighted by Crippen LogP contribution is -2.26. The lowest BCUT2D eigenvalue weighted by Gasteiger charge is -2.16. The number of hydrogen-bond acceptors (Lipinski definition) is 7. The van der Waals surface area contributed by atoms with Crippen LogP contribution in [0.5, 0.6) is 17.2 Å².